The Morgan fingerprint density at radius 1 is 0.931 bits per heavy atom. The molecule has 0 unspecified atom stereocenters. The van der Waals surface area contributed by atoms with Gasteiger partial charge in [-0.25, -0.2) is 4.79 Å². The van der Waals surface area contributed by atoms with Gasteiger partial charge in [-0.2, -0.15) is 0 Å². The van der Waals surface area contributed by atoms with Crippen molar-refractivity contribution in [3.8, 4) is 5.75 Å². The molecule has 0 radical (unpaired) electrons. The van der Waals surface area contributed by atoms with Crippen LogP contribution in [0.25, 0.3) is 10.8 Å². The molecule has 0 bridgehead atoms. The molecule has 0 aliphatic rings. The molecule has 0 fully saturated rings. The smallest absolute Gasteiger partial charge is 0.344 e. The molecule has 4 nitrogen and oxygen atoms in total. The van der Waals surface area contributed by atoms with Crippen LogP contribution in [0.5, 0.6) is 5.75 Å². The van der Waals surface area contributed by atoms with Gasteiger partial charge in [0.05, 0.1) is 11.3 Å². The van der Waals surface area contributed by atoms with Gasteiger partial charge in [-0.1, -0.05) is 75.2 Å². The lowest BCUT2D eigenvalue weighted by Crippen LogP contribution is -2.23. The predicted molar refractivity (Wildman–Crippen MR) is 117 cm³/mol. The number of esters is 1. The fraction of sp³-hybridized carbons (Fsp3) is 0.280. The Hall–Kier alpha value is -3.14. The number of amides is 1. The van der Waals surface area contributed by atoms with Crippen molar-refractivity contribution in [3.05, 3.63) is 72.3 Å². The third-order valence-electron chi connectivity index (χ3n) is 5.13. The highest BCUT2D eigenvalue weighted by Crippen LogP contribution is 2.28. The molecule has 0 saturated heterocycles. The first kappa shape index (κ1) is 20.6. The van der Waals surface area contributed by atoms with E-state index in [9.17, 15) is 9.59 Å². The van der Waals surface area contributed by atoms with Crippen LogP contribution in [0.15, 0.2) is 66.7 Å². The second kappa shape index (κ2) is 9.87. The molecule has 3 aromatic carbocycles. The maximum Gasteiger partial charge on any atom is 0.344 e. The number of fused-ring (bicyclic) bond motifs is 1. The fourth-order valence-corrected chi connectivity index (χ4v) is 3.42. The zero-order chi connectivity index (χ0) is 20.6. The lowest BCUT2D eigenvalue weighted by Gasteiger charge is -2.16. The molecule has 1 atom stereocenters. The molecular formula is C25H27NO3. The van der Waals surface area contributed by atoms with Crippen LogP contribution in [0.4, 0.5) is 5.69 Å². The maximum absolute atomic E-state index is 12.9. The van der Waals surface area contributed by atoms with E-state index < -0.39 is 5.97 Å². The van der Waals surface area contributed by atoms with Gasteiger partial charge in [-0.15, -0.1) is 0 Å². The van der Waals surface area contributed by atoms with Crippen LogP contribution < -0.4 is 10.1 Å². The summed E-state index contributed by atoms with van der Waals surface area (Å²) in [5, 5.41) is 4.77. The summed E-state index contributed by atoms with van der Waals surface area (Å²) in [7, 11) is 0. The number of carbonyl (C=O) groups is 2. The van der Waals surface area contributed by atoms with Crippen molar-refractivity contribution >= 4 is 28.3 Å². The molecule has 0 aliphatic carbocycles. The average molecular weight is 389 g/mol. The largest absolute Gasteiger partial charge is 0.421 e. The minimum absolute atomic E-state index is 0.0328. The van der Waals surface area contributed by atoms with Crippen molar-refractivity contribution in [2.24, 2.45) is 5.92 Å². The van der Waals surface area contributed by atoms with E-state index in [2.05, 4.69) is 12.2 Å². The number of unbranched alkanes of at least 4 members (excludes halogenated alkanes) is 1. The Bertz CT molecular complexity index is 991. The SMILES string of the molecule is CCCC[C@H](CC)C(=O)Nc1ccccc1OC(=O)c1cccc2ccccc12. The molecule has 0 aromatic heterocycles. The molecule has 29 heavy (non-hydrogen) atoms. The standard InChI is InChI=1S/C25H27NO3/c1-3-5-11-18(4-2)24(27)26-22-16-8-9-17-23(22)29-25(28)21-15-10-13-19-12-6-7-14-20(19)21/h6-10,12-18H,3-5,11H2,1-2H3,(H,26,27)/t18-/m0/s1. The van der Waals surface area contributed by atoms with Crippen molar-refractivity contribution in [3.63, 3.8) is 0 Å². The van der Waals surface area contributed by atoms with Gasteiger partial charge in [0.1, 0.15) is 0 Å². The van der Waals surface area contributed by atoms with E-state index >= 15 is 0 Å². The quantitative estimate of drug-likeness (QED) is 0.368. The normalized spacial score (nSPS) is 11.8. The van der Waals surface area contributed by atoms with E-state index in [1.165, 1.54) is 0 Å². The van der Waals surface area contributed by atoms with Crippen LogP contribution in [-0.2, 0) is 4.79 Å². The van der Waals surface area contributed by atoms with Gasteiger partial charge < -0.3 is 10.1 Å². The first-order valence-corrected chi connectivity index (χ1v) is 10.2. The Kier molecular flexibility index (Phi) is 7.01. The van der Waals surface area contributed by atoms with Gasteiger partial charge in [0.2, 0.25) is 5.91 Å². The lowest BCUT2D eigenvalue weighted by molar-refractivity contribution is -0.120. The number of para-hydroxylation sites is 2. The van der Waals surface area contributed by atoms with Gasteiger partial charge in [0, 0.05) is 5.92 Å². The molecule has 1 N–H and O–H groups in total. The van der Waals surface area contributed by atoms with Gasteiger partial charge in [-0.3, -0.25) is 4.79 Å². The topological polar surface area (TPSA) is 55.4 Å². The molecule has 1 amide bonds. The summed E-state index contributed by atoms with van der Waals surface area (Å²) in [4.78, 5) is 25.5. The summed E-state index contributed by atoms with van der Waals surface area (Å²) in [5.41, 5.74) is 1.01. The molecular weight excluding hydrogens is 362 g/mol. The second-order valence-corrected chi connectivity index (χ2v) is 7.15. The third kappa shape index (κ3) is 5.02. The van der Waals surface area contributed by atoms with E-state index in [-0.39, 0.29) is 11.8 Å². The first-order valence-electron chi connectivity index (χ1n) is 10.2. The minimum Gasteiger partial charge on any atom is -0.421 e. The number of ether oxygens (including phenoxy) is 1. The Morgan fingerprint density at radius 2 is 1.66 bits per heavy atom. The summed E-state index contributed by atoms with van der Waals surface area (Å²) >= 11 is 0. The van der Waals surface area contributed by atoms with E-state index in [0.717, 1.165) is 36.5 Å². The van der Waals surface area contributed by atoms with Crippen LogP contribution in [0.3, 0.4) is 0 Å². The predicted octanol–water partition coefficient (Wildman–Crippen LogP) is 6.21. The number of hydrogen-bond donors (Lipinski definition) is 1. The van der Waals surface area contributed by atoms with E-state index in [0.29, 0.717) is 17.0 Å². The van der Waals surface area contributed by atoms with Gasteiger partial charge in [0.15, 0.2) is 5.75 Å². The second-order valence-electron chi connectivity index (χ2n) is 7.15. The maximum atomic E-state index is 12.9. The van der Waals surface area contributed by atoms with E-state index in [4.69, 9.17) is 4.74 Å². The lowest BCUT2D eigenvalue weighted by atomic mass is 9.98. The minimum atomic E-state index is -0.443. The number of anilines is 1. The van der Waals surface area contributed by atoms with Crippen LogP contribution in [-0.4, -0.2) is 11.9 Å². The van der Waals surface area contributed by atoms with Crippen LogP contribution in [0.1, 0.15) is 49.9 Å². The summed E-state index contributed by atoms with van der Waals surface area (Å²) in [6.07, 6.45) is 3.72. The molecule has 0 heterocycles. The Morgan fingerprint density at radius 3 is 2.45 bits per heavy atom. The number of hydrogen-bond acceptors (Lipinski definition) is 3. The Balaban J connectivity index is 1.80. The molecule has 0 aliphatic heterocycles. The molecule has 150 valence electrons. The zero-order valence-electron chi connectivity index (χ0n) is 17.0. The van der Waals surface area contributed by atoms with Gasteiger partial charge in [0.25, 0.3) is 0 Å². The van der Waals surface area contributed by atoms with Crippen LogP contribution in [0, 0.1) is 5.92 Å². The summed E-state index contributed by atoms with van der Waals surface area (Å²) in [5.74, 6) is -0.169. The van der Waals surface area contributed by atoms with Crippen molar-refractivity contribution < 1.29 is 14.3 Å². The number of carbonyl (C=O) groups excluding carboxylic acids is 2. The van der Waals surface area contributed by atoms with Crippen molar-refractivity contribution in [2.45, 2.75) is 39.5 Å². The summed E-state index contributed by atoms with van der Waals surface area (Å²) < 4.78 is 5.68. The average Bonchev–Trinajstić information content (AvgIpc) is 2.75. The number of nitrogens with one attached hydrogen (secondary N) is 1. The van der Waals surface area contributed by atoms with Crippen molar-refractivity contribution in [1.29, 1.82) is 0 Å². The molecule has 0 spiro atoms. The Labute approximate surface area is 171 Å². The zero-order valence-corrected chi connectivity index (χ0v) is 17.0. The van der Waals surface area contributed by atoms with Gasteiger partial charge in [-0.05, 0) is 41.8 Å². The number of benzene rings is 3. The van der Waals surface area contributed by atoms with Crippen molar-refractivity contribution in [1.82, 2.24) is 0 Å². The van der Waals surface area contributed by atoms with E-state index in [1.807, 2.05) is 49.4 Å². The molecule has 4 heteroatoms. The molecule has 3 aromatic rings. The fourth-order valence-electron chi connectivity index (χ4n) is 3.42. The molecule has 0 saturated carbocycles. The summed E-state index contributed by atoms with van der Waals surface area (Å²) in [6.45, 7) is 4.14. The first-order chi connectivity index (χ1) is 14.1. The highest BCUT2D eigenvalue weighted by Gasteiger charge is 2.19. The summed E-state index contributed by atoms with van der Waals surface area (Å²) in [6, 6.07) is 20.3. The highest BCUT2D eigenvalue weighted by molar-refractivity contribution is 6.05. The monoisotopic (exact) mass is 389 g/mol. The van der Waals surface area contributed by atoms with Gasteiger partial charge >= 0.3 is 5.97 Å². The number of rotatable bonds is 8. The third-order valence-corrected chi connectivity index (χ3v) is 5.13. The highest BCUT2D eigenvalue weighted by atomic mass is 16.5. The van der Waals surface area contributed by atoms with Crippen LogP contribution in [0.2, 0.25) is 0 Å². The molecule has 3 rings (SSSR count). The van der Waals surface area contributed by atoms with E-state index in [1.54, 1.807) is 24.3 Å². The van der Waals surface area contributed by atoms with Crippen LogP contribution >= 0.6 is 0 Å². The van der Waals surface area contributed by atoms with Crippen molar-refractivity contribution in [2.75, 3.05) is 5.32 Å².